The molecule has 0 amide bonds. The van der Waals surface area contributed by atoms with Crippen molar-refractivity contribution in [3.63, 3.8) is 0 Å². The number of aliphatic hydroxyl groups is 2. The maximum Gasteiger partial charge on any atom is 0.472 e. The molecule has 0 saturated carbocycles. The topological polar surface area (TPSA) is 175 Å². The molecule has 0 bridgehead atoms. The first-order chi connectivity index (χ1) is 26.6. The van der Waals surface area contributed by atoms with Gasteiger partial charge < -0.3 is 30.3 Å². The minimum absolute atomic E-state index is 0.0120. The van der Waals surface area contributed by atoms with Crippen LogP contribution in [0.4, 0.5) is 0 Å². The fourth-order valence-corrected chi connectivity index (χ4v) is 6.32. The quantitative estimate of drug-likeness (QED) is 0.0202. The summed E-state index contributed by atoms with van der Waals surface area (Å²) in [7, 11) is -4.45. The maximum atomic E-state index is 12.6. The van der Waals surface area contributed by atoms with Crippen molar-refractivity contribution < 1.29 is 47.8 Å². The zero-order valence-corrected chi connectivity index (χ0v) is 35.3. The highest BCUT2D eigenvalue weighted by molar-refractivity contribution is 7.47. The van der Waals surface area contributed by atoms with E-state index in [-0.39, 0.29) is 45.4 Å². The van der Waals surface area contributed by atoms with Crippen LogP contribution >= 0.6 is 7.82 Å². The number of unbranched alkanes of at least 4 members (excludes halogenated alkanes) is 14. The monoisotopic (exact) mass is 800 g/mol. The number of aliphatic hydroxyl groups excluding tert-OH is 2. The number of ether oxygens (including phenoxy) is 2. The Bertz CT molecular complexity index is 1080. The molecule has 0 radical (unpaired) electrons. The minimum Gasteiger partial charge on any atom is -0.462 e. The molecule has 12 heteroatoms. The van der Waals surface area contributed by atoms with Gasteiger partial charge in [-0.05, 0) is 77.0 Å². The number of carbonyl (C=O) groups is 2. The van der Waals surface area contributed by atoms with E-state index in [1.165, 1.54) is 70.6 Å². The van der Waals surface area contributed by atoms with E-state index >= 15 is 0 Å². The van der Waals surface area contributed by atoms with E-state index in [4.69, 9.17) is 24.3 Å². The Morgan fingerprint density at radius 3 is 1.76 bits per heavy atom. The number of phosphoric ester groups is 1. The van der Waals surface area contributed by atoms with Crippen molar-refractivity contribution in [2.24, 2.45) is 5.73 Å². The maximum absolute atomic E-state index is 12.6. The molecule has 0 aromatic rings. The van der Waals surface area contributed by atoms with Gasteiger partial charge in [0, 0.05) is 19.4 Å². The molecule has 0 fully saturated rings. The molecule has 0 spiro atoms. The van der Waals surface area contributed by atoms with Gasteiger partial charge in [0.15, 0.2) is 6.10 Å². The first-order valence-electron chi connectivity index (χ1n) is 21.3. The highest BCUT2D eigenvalue weighted by Crippen LogP contribution is 2.43. The number of carbonyl (C=O) groups excluding carboxylic acids is 2. The van der Waals surface area contributed by atoms with E-state index in [0.29, 0.717) is 12.8 Å². The lowest BCUT2D eigenvalue weighted by Crippen LogP contribution is -2.30. The molecule has 0 heterocycles. The minimum atomic E-state index is -4.45. The van der Waals surface area contributed by atoms with Gasteiger partial charge in [0.2, 0.25) is 0 Å². The molecular weight excluding hydrogens is 721 g/mol. The number of esters is 2. The summed E-state index contributed by atoms with van der Waals surface area (Å²) in [5.74, 6) is -1.12. The smallest absolute Gasteiger partial charge is 0.462 e. The summed E-state index contributed by atoms with van der Waals surface area (Å²) in [6, 6.07) is 0. The first kappa shape index (κ1) is 52.9. The summed E-state index contributed by atoms with van der Waals surface area (Å²) >= 11 is 0. The Kier molecular flexibility index (Phi) is 37.3. The second kappa shape index (κ2) is 38.7. The third-order valence-electron chi connectivity index (χ3n) is 8.89. The summed E-state index contributed by atoms with van der Waals surface area (Å²) in [5, 5.41) is 20.6. The van der Waals surface area contributed by atoms with Gasteiger partial charge in [0.05, 0.1) is 25.4 Å². The van der Waals surface area contributed by atoms with Crippen LogP contribution in [-0.4, -0.2) is 71.7 Å². The molecular formula is C43H78NO10P. The van der Waals surface area contributed by atoms with Gasteiger partial charge in [-0.2, -0.15) is 0 Å². The third-order valence-corrected chi connectivity index (χ3v) is 9.87. The average molecular weight is 800 g/mol. The highest BCUT2D eigenvalue weighted by Gasteiger charge is 2.26. The van der Waals surface area contributed by atoms with Crippen LogP contribution < -0.4 is 5.73 Å². The van der Waals surface area contributed by atoms with Gasteiger partial charge in [-0.3, -0.25) is 18.6 Å². The molecule has 3 unspecified atom stereocenters. The summed E-state index contributed by atoms with van der Waals surface area (Å²) in [6.45, 7) is 3.34. The van der Waals surface area contributed by atoms with E-state index in [1.54, 1.807) is 0 Å². The van der Waals surface area contributed by atoms with Crippen LogP contribution in [0.1, 0.15) is 168 Å². The van der Waals surface area contributed by atoms with Crippen molar-refractivity contribution >= 4 is 19.8 Å². The summed E-state index contributed by atoms with van der Waals surface area (Å²) in [6.07, 6.45) is 36.0. The Morgan fingerprint density at radius 2 is 1.13 bits per heavy atom. The average Bonchev–Trinajstić information content (AvgIpc) is 3.16. The molecule has 0 aliphatic heterocycles. The summed E-state index contributed by atoms with van der Waals surface area (Å²) < 4.78 is 32.5. The van der Waals surface area contributed by atoms with Crippen LogP contribution in [0.25, 0.3) is 0 Å². The van der Waals surface area contributed by atoms with Crippen LogP contribution in [0.3, 0.4) is 0 Å². The molecule has 4 atom stereocenters. The largest absolute Gasteiger partial charge is 0.472 e. The molecule has 320 valence electrons. The Morgan fingerprint density at radius 1 is 0.618 bits per heavy atom. The molecule has 0 aliphatic rings. The Balaban J connectivity index is 4.42. The zero-order chi connectivity index (χ0) is 40.7. The standard InChI is InChI=1S/C43H78NO10P/c1-3-5-7-9-11-13-15-17-18-19-21-23-25-27-29-33-43(48)54-39(38-53-55(49,50)52-36-35-44)37-51-42(47)34-30-32-41(46)40(45)31-28-26-24-22-20-16-14-12-10-8-6-4-2/h12-15,20,22,26,28,39-41,45-46H,3-11,16-19,21,23-25,27,29-38,44H2,1-2H3,(H,49,50)/b14-12-,15-13-,22-20-,28-26-/t39-,40?,41?/m1/s1. The van der Waals surface area contributed by atoms with Gasteiger partial charge in [0.1, 0.15) is 6.61 Å². The number of nitrogens with two attached hydrogens (primary N) is 1. The van der Waals surface area contributed by atoms with Gasteiger partial charge in [0.25, 0.3) is 0 Å². The van der Waals surface area contributed by atoms with Crippen molar-refractivity contribution in [3.05, 3.63) is 48.6 Å². The molecule has 55 heavy (non-hydrogen) atoms. The SMILES string of the molecule is CCCCC/C=C\C/C=C\C/C=C\CC(O)C(O)CCCC(=O)OC[C@H](COP(=O)(O)OCCN)OC(=O)CCCCCCCCC/C=C\CCCCCC. The van der Waals surface area contributed by atoms with Crippen molar-refractivity contribution in [1.29, 1.82) is 0 Å². The predicted octanol–water partition coefficient (Wildman–Crippen LogP) is 9.88. The third kappa shape index (κ3) is 37.2. The number of allylic oxidation sites excluding steroid dienone is 7. The molecule has 0 aromatic carbocycles. The first-order valence-corrected chi connectivity index (χ1v) is 22.8. The van der Waals surface area contributed by atoms with Gasteiger partial charge in [-0.1, -0.05) is 127 Å². The summed E-state index contributed by atoms with van der Waals surface area (Å²) in [4.78, 5) is 34.9. The molecule has 5 N–H and O–H groups in total. The molecule has 0 aliphatic carbocycles. The van der Waals surface area contributed by atoms with Crippen LogP contribution in [-0.2, 0) is 32.7 Å². The number of rotatable bonds is 39. The second-order valence-electron chi connectivity index (χ2n) is 14.2. The molecule has 11 nitrogen and oxygen atoms in total. The van der Waals surface area contributed by atoms with E-state index < -0.39 is 44.7 Å². The van der Waals surface area contributed by atoms with Gasteiger partial charge >= 0.3 is 19.8 Å². The lowest BCUT2D eigenvalue weighted by molar-refractivity contribution is -0.161. The molecule has 0 aromatic heterocycles. The van der Waals surface area contributed by atoms with E-state index in [9.17, 15) is 29.3 Å². The number of hydrogen-bond acceptors (Lipinski definition) is 10. The lowest BCUT2D eigenvalue weighted by atomic mass is 10.0. The van der Waals surface area contributed by atoms with Crippen LogP contribution in [0, 0.1) is 0 Å². The van der Waals surface area contributed by atoms with E-state index in [1.807, 2.05) is 12.2 Å². The van der Waals surface area contributed by atoms with Crippen LogP contribution in [0.5, 0.6) is 0 Å². The van der Waals surface area contributed by atoms with Crippen molar-refractivity contribution in [2.45, 2.75) is 186 Å². The van der Waals surface area contributed by atoms with Gasteiger partial charge in [-0.25, -0.2) is 4.57 Å². The van der Waals surface area contributed by atoms with Gasteiger partial charge in [-0.15, -0.1) is 0 Å². The number of hydrogen-bond donors (Lipinski definition) is 4. The van der Waals surface area contributed by atoms with Crippen LogP contribution in [0.15, 0.2) is 48.6 Å². The Labute approximate surface area is 333 Å². The fraction of sp³-hybridized carbons (Fsp3) is 0.767. The van der Waals surface area contributed by atoms with Crippen LogP contribution in [0.2, 0.25) is 0 Å². The second-order valence-corrected chi connectivity index (χ2v) is 15.6. The summed E-state index contributed by atoms with van der Waals surface area (Å²) in [5.41, 5.74) is 5.33. The fourth-order valence-electron chi connectivity index (χ4n) is 5.55. The lowest BCUT2D eigenvalue weighted by Gasteiger charge is -2.20. The van der Waals surface area contributed by atoms with Crippen molar-refractivity contribution in [2.75, 3.05) is 26.4 Å². The predicted molar refractivity (Wildman–Crippen MR) is 222 cm³/mol. The van der Waals surface area contributed by atoms with E-state index in [0.717, 1.165) is 44.9 Å². The van der Waals surface area contributed by atoms with Crippen molar-refractivity contribution in [3.8, 4) is 0 Å². The molecule has 0 rings (SSSR count). The molecule has 0 saturated heterocycles. The Hall–Kier alpha value is -2.11. The normalized spacial score (nSPS) is 14.9. The van der Waals surface area contributed by atoms with E-state index in [2.05, 4.69) is 50.3 Å². The van der Waals surface area contributed by atoms with Crippen molar-refractivity contribution in [1.82, 2.24) is 0 Å². The highest BCUT2D eigenvalue weighted by atomic mass is 31.2. The zero-order valence-electron chi connectivity index (χ0n) is 34.4. The number of phosphoric acid groups is 1.